The van der Waals surface area contributed by atoms with E-state index in [2.05, 4.69) is 0 Å². The van der Waals surface area contributed by atoms with Gasteiger partial charge in [-0.05, 0) is 5.92 Å². The molecule has 0 aromatic rings. The highest BCUT2D eigenvalue weighted by atomic mass is 19.3. The lowest BCUT2D eigenvalue weighted by molar-refractivity contribution is -0.135. The number of hydrogen-bond donors (Lipinski definition) is 0. The topological polar surface area (TPSA) is 44.1 Å². The maximum atomic E-state index is 11.9. The van der Waals surface area contributed by atoms with E-state index in [4.69, 9.17) is 5.26 Å². The van der Waals surface area contributed by atoms with Gasteiger partial charge in [0.25, 0.3) is 6.43 Å². The molecule has 3 nitrogen and oxygen atoms in total. The van der Waals surface area contributed by atoms with Gasteiger partial charge in [-0.3, -0.25) is 4.79 Å². The van der Waals surface area contributed by atoms with Crippen LogP contribution in [0.1, 0.15) is 13.8 Å². The molecule has 0 aromatic carbocycles. The van der Waals surface area contributed by atoms with E-state index in [0.29, 0.717) is 0 Å². The molecule has 0 bridgehead atoms. The van der Waals surface area contributed by atoms with E-state index >= 15 is 0 Å². The Kier molecular flexibility index (Phi) is 5.06. The molecule has 14 heavy (non-hydrogen) atoms. The summed E-state index contributed by atoms with van der Waals surface area (Å²) in [5.41, 5.74) is 0. The normalized spacial score (nSPS) is 12.7. The van der Waals surface area contributed by atoms with Crippen molar-refractivity contribution in [3.05, 3.63) is 0 Å². The second-order valence-corrected chi connectivity index (χ2v) is 3.46. The average molecular weight is 204 g/mol. The fourth-order valence-corrected chi connectivity index (χ4v) is 1.02. The van der Waals surface area contributed by atoms with E-state index in [0.717, 1.165) is 4.90 Å². The van der Waals surface area contributed by atoms with Gasteiger partial charge in [-0.15, -0.1) is 0 Å². The van der Waals surface area contributed by atoms with Crippen molar-refractivity contribution in [2.45, 2.75) is 20.3 Å². The number of nitrogens with zero attached hydrogens (tertiary/aromatic N) is 2. The number of amides is 1. The van der Waals surface area contributed by atoms with Crippen molar-refractivity contribution >= 4 is 5.91 Å². The molecule has 0 N–H and O–H groups in total. The van der Waals surface area contributed by atoms with Crippen LogP contribution in [-0.2, 0) is 4.79 Å². The molecule has 0 rings (SSSR count). The molecule has 1 amide bonds. The SMILES string of the molecule is CC(C)C(C#N)C(=O)N(C)CC(F)F. The molecule has 0 aliphatic rings. The first-order chi connectivity index (χ1) is 6.40. The Bertz CT molecular complexity index is 235. The zero-order valence-corrected chi connectivity index (χ0v) is 8.50. The smallest absolute Gasteiger partial charge is 0.255 e. The molecule has 0 saturated heterocycles. The number of rotatable bonds is 4. The largest absolute Gasteiger partial charge is 0.339 e. The monoisotopic (exact) mass is 204 g/mol. The standard InChI is InChI=1S/C9H14F2N2O/c1-6(2)7(4-12)9(14)13(3)5-8(10)11/h6-8H,5H2,1-3H3. The Labute approximate surface area is 82.3 Å². The Balaban J connectivity index is 4.37. The van der Waals surface area contributed by atoms with Crippen molar-refractivity contribution in [3.63, 3.8) is 0 Å². The van der Waals surface area contributed by atoms with Crippen LogP contribution >= 0.6 is 0 Å². The predicted octanol–water partition coefficient (Wildman–Crippen LogP) is 1.51. The minimum atomic E-state index is -2.56. The van der Waals surface area contributed by atoms with Gasteiger partial charge in [-0.1, -0.05) is 13.8 Å². The summed E-state index contributed by atoms with van der Waals surface area (Å²) in [6.07, 6.45) is -2.56. The maximum absolute atomic E-state index is 11.9. The molecule has 1 atom stereocenters. The molecule has 0 aromatic heterocycles. The maximum Gasteiger partial charge on any atom is 0.255 e. The van der Waals surface area contributed by atoms with Crippen LogP contribution in [0.2, 0.25) is 0 Å². The van der Waals surface area contributed by atoms with Gasteiger partial charge in [-0.2, -0.15) is 5.26 Å². The van der Waals surface area contributed by atoms with Crippen molar-refractivity contribution in [3.8, 4) is 6.07 Å². The van der Waals surface area contributed by atoms with E-state index in [1.54, 1.807) is 13.8 Å². The molecular weight excluding hydrogens is 190 g/mol. The van der Waals surface area contributed by atoms with Crippen LogP contribution in [0.15, 0.2) is 0 Å². The number of carbonyl (C=O) groups excluding carboxylic acids is 1. The van der Waals surface area contributed by atoms with Crippen molar-refractivity contribution in [2.24, 2.45) is 11.8 Å². The third kappa shape index (κ3) is 3.69. The first kappa shape index (κ1) is 12.8. The van der Waals surface area contributed by atoms with Crippen molar-refractivity contribution < 1.29 is 13.6 Å². The van der Waals surface area contributed by atoms with Crippen LogP contribution < -0.4 is 0 Å². The minimum absolute atomic E-state index is 0.160. The number of alkyl halides is 2. The molecule has 0 aliphatic carbocycles. The third-order valence-electron chi connectivity index (χ3n) is 1.86. The van der Waals surface area contributed by atoms with E-state index < -0.39 is 24.8 Å². The summed E-state index contributed by atoms with van der Waals surface area (Å²) in [5, 5.41) is 8.66. The summed E-state index contributed by atoms with van der Waals surface area (Å²) >= 11 is 0. The first-order valence-electron chi connectivity index (χ1n) is 4.32. The van der Waals surface area contributed by atoms with Gasteiger partial charge in [0.15, 0.2) is 0 Å². The minimum Gasteiger partial charge on any atom is -0.339 e. The fourth-order valence-electron chi connectivity index (χ4n) is 1.02. The van der Waals surface area contributed by atoms with Crippen LogP contribution in [0.3, 0.4) is 0 Å². The van der Waals surface area contributed by atoms with Gasteiger partial charge in [0.1, 0.15) is 5.92 Å². The quantitative estimate of drug-likeness (QED) is 0.696. The van der Waals surface area contributed by atoms with Crippen molar-refractivity contribution in [2.75, 3.05) is 13.6 Å². The average Bonchev–Trinajstić information content (AvgIpc) is 2.03. The van der Waals surface area contributed by atoms with E-state index in [9.17, 15) is 13.6 Å². The van der Waals surface area contributed by atoms with Crippen LogP contribution in [0.5, 0.6) is 0 Å². The zero-order valence-electron chi connectivity index (χ0n) is 8.50. The van der Waals surface area contributed by atoms with Crippen LogP contribution in [0, 0.1) is 23.2 Å². The second-order valence-electron chi connectivity index (χ2n) is 3.46. The molecule has 0 heterocycles. The lowest BCUT2D eigenvalue weighted by atomic mass is 9.96. The van der Waals surface area contributed by atoms with Crippen LogP contribution in [0.4, 0.5) is 8.78 Å². The first-order valence-corrected chi connectivity index (χ1v) is 4.32. The number of hydrogen-bond acceptors (Lipinski definition) is 2. The molecular formula is C9H14F2N2O. The Hall–Kier alpha value is -1.18. The van der Waals surface area contributed by atoms with Crippen molar-refractivity contribution in [1.29, 1.82) is 5.26 Å². The number of carbonyl (C=O) groups is 1. The molecule has 0 radical (unpaired) electrons. The lowest BCUT2D eigenvalue weighted by Gasteiger charge is -2.21. The summed E-state index contributed by atoms with van der Waals surface area (Å²) in [6, 6.07) is 1.82. The molecule has 5 heteroatoms. The van der Waals surface area contributed by atoms with Crippen molar-refractivity contribution in [1.82, 2.24) is 4.90 Å². The van der Waals surface area contributed by atoms with Gasteiger partial charge < -0.3 is 4.90 Å². The summed E-state index contributed by atoms with van der Waals surface area (Å²) in [6.45, 7) is 2.80. The summed E-state index contributed by atoms with van der Waals surface area (Å²) in [5.74, 6) is -1.53. The van der Waals surface area contributed by atoms with Gasteiger partial charge in [0.2, 0.25) is 5.91 Å². The molecule has 0 fully saturated rings. The Morgan fingerprint density at radius 1 is 1.50 bits per heavy atom. The van der Waals surface area contributed by atoms with Crippen LogP contribution in [-0.4, -0.2) is 30.8 Å². The fraction of sp³-hybridized carbons (Fsp3) is 0.778. The highest BCUT2D eigenvalue weighted by Gasteiger charge is 2.26. The van der Waals surface area contributed by atoms with E-state index in [1.807, 2.05) is 6.07 Å². The Morgan fingerprint density at radius 3 is 2.29 bits per heavy atom. The Morgan fingerprint density at radius 2 is 2.00 bits per heavy atom. The molecule has 80 valence electrons. The summed E-state index contributed by atoms with van der Waals surface area (Å²) < 4.78 is 23.9. The highest BCUT2D eigenvalue weighted by Crippen LogP contribution is 2.13. The molecule has 1 unspecified atom stereocenters. The van der Waals surface area contributed by atoms with E-state index in [1.165, 1.54) is 7.05 Å². The van der Waals surface area contributed by atoms with Gasteiger partial charge in [0, 0.05) is 7.05 Å². The molecule has 0 aliphatic heterocycles. The summed E-state index contributed by atoms with van der Waals surface area (Å²) in [7, 11) is 1.28. The van der Waals surface area contributed by atoms with Crippen LogP contribution in [0.25, 0.3) is 0 Å². The zero-order chi connectivity index (χ0) is 11.3. The molecule has 0 saturated carbocycles. The molecule has 0 spiro atoms. The number of nitriles is 1. The highest BCUT2D eigenvalue weighted by molar-refractivity contribution is 5.81. The second kappa shape index (κ2) is 5.53. The predicted molar refractivity (Wildman–Crippen MR) is 47.6 cm³/mol. The van der Waals surface area contributed by atoms with Gasteiger partial charge in [0.05, 0.1) is 12.6 Å². The summed E-state index contributed by atoms with van der Waals surface area (Å²) in [4.78, 5) is 12.3. The lowest BCUT2D eigenvalue weighted by Crippen LogP contribution is -2.37. The van der Waals surface area contributed by atoms with Gasteiger partial charge in [-0.25, -0.2) is 8.78 Å². The number of halogens is 2. The third-order valence-corrected chi connectivity index (χ3v) is 1.86. The van der Waals surface area contributed by atoms with Gasteiger partial charge >= 0.3 is 0 Å². The van der Waals surface area contributed by atoms with E-state index in [-0.39, 0.29) is 5.92 Å².